The van der Waals surface area contributed by atoms with E-state index in [2.05, 4.69) is 22.0 Å². The number of nitrogens with zero attached hydrogens (tertiary/aromatic N) is 1. The Kier molecular flexibility index (Phi) is 6.05. The summed E-state index contributed by atoms with van der Waals surface area (Å²) in [6.07, 6.45) is 1.85. The van der Waals surface area contributed by atoms with Crippen LogP contribution in [0.1, 0.15) is 22.3 Å². The van der Waals surface area contributed by atoms with Gasteiger partial charge < -0.3 is 4.74 Å². The molecule has 0 spiro atoms. The molecule has 0 bridgehead atoms. The quantitative estimate of drug-likeness (QED) is 0.346. The van der Waals surface area contributed by atoms with Gasteiger partial charge in [0.1, 0.15) is 18.2 Å². The predicted molar refractivity (Wildman–Crippen MR) is 110 cm³/mol. The third-order valence-corrected chi connectivity index (χ3v) is 4.68. The number of benzene rings is 3. The summed E-state index contributed by atoms with van der Waals surface area (Å²) in [6.45, 7) is 2.36. The largest absolute Gasteiger partial charge is 0.488 e. The van der Waals surface area contributed by atoms with Crippen LogP contribution in [-0.2, 0) is 6.61 Å². The van der Waals surface area contributed by atoms with Gasteiger partial charge in [0.25, 0.3) is 0 Å². The van der Waals surface area contributed by atoms with Gasteiger partial charge in [-0.2, -0.15) is 5.26 Å². The molecule has 0 aromatic heterocycles. The lowest BCUT2D eigenvalue weighted by atomic mass is 10.0. The first-order valence-electron chi connectivity index (χ1n) is 8.41. The summed E-state index contributed by atoms with van der Waals surface area (Å²) in [4.78, 5) is 0. The van der Waals surface area contributed by atoms with Gasteiger partial charge in [0.05, 0.1) is 16.1 Å². The second-order valence-electron chi connectivity index (χ2n) is 6.14. The fourth-order valence-electron chi connectivity index (χ4n) is 2.55. The normalized spacial score (nSPS) is 11.1. The molecule has 2 nitrogen and oxygen atoms in total. The summed E-state index contributed by atoms with van der Waals surface area (Å²) in [5.41, 5.74) is 4.42. The molecule has 0 aliphatic carbocycles. The molecule has 0 aliphatic heterocycles. The van der Waals surface area contributed by atoms with Gasteiger partial charge in [-0.1, -0.05) is 48.0 Å². The summed E-state index contributed by atoms with van der Waals surface area (Å²) >= 11 is 3.51. The maximum Gasteiger partial charge on any atom is 0.134 e. The van der Waals surface area contributed by atoms with Gasteiger partial charge in [-0.25, -0.2) is 4.39 Å². The third kappa shape index (κ3) is 5.06. The van der Waals surface area contributed by atoms with Crippen LogP contribution in [0.5, 0.6) is 5.75 Å². The molecule has 0 unspecified atom stereocenters. The predicted octanol–water partition coefficient (Wildman–Crippen LogP) is 6.54. The van der Waals surface area contributed by atoms with Crippen molar-refractivity contribution in [1.82, 2.24) is 0 Å². The Morgan fingerprint density at radius 2 is 1.78 bits per heavy atom. The highest BCUT2D eigenvalue weighted by atomic mass is 79.9. The summed E-state index contributed by atoms with van der Waals surface area (Å²) in [5, 5.41) is 9.48. The maximum absolute atomic E-state index is 13.0. The van der Waals surface area contributed by atoms with E-state index in [4.69, 9.17) is 4.74 Å². The van der Waals surface area contributed by atoms with Crippen molar-refractivity contribution < 1.29 is 9.13 Å². The lowest BCUT2D eigenvalue weighted by molar-refractivity contribution is 0.304. The fraction of sp³-hybridized carbons (Fsp3) is 0.0870. The topological polar surface area (TPSA) is 33.0 Å². The van der Waals surface area contributed by atoms with Crippen LogP contribution < -0.4 is 4.74 Å². The Labute approximate surface area is 166 Å². The van der Waals surface area contributed by atoms with Gasteiger partial charge in [0.2, 0.25) is 0 Å². The Bertz CT molecular complexity index is 1000. The molecule has 0 saturated carbocycles. The van der Waals surface area contributed by atoms with E-state index in [9.17, 15) is 9.65 Å². The minimum atomic E-state index is -0.266. The number of hydrogen-bond acceptors (Lipinski definition) is 2. The highest BCUT2D eigenvalue weighted by molar-refractivity contribution is 9.10. The molecule has 3 aromatic carbocycles. The van der Waals surface area contributed by atoms with Crippen molar-refractivity contribution in [2.75, 3.05) is 0 Å². The Balaban J connectivity index is 1.76. The number of ether oxygens (including phenoxy) is 1. The van der Waals surface area contributed by atoms with Crippen LogP contribution in [0.25, 0.3) is 11.6 Å². The fourth-order valence-corrected chi connectivity index (χ4v) is 3.06. The molecule has 0 saturated heterocycles. The first-order valence-corrected chi connectivity index (χ1v) is 9.20. The van der Waals surface area contributed by atoms with E-state index < -0.39 is 0 Å². The lowest BCUT2D eigenvalue weighted by Gasteiger charge is -2.09. The summed E-state index contributed by atoms with van der Waals surface area (Å²) < 4.78 is 19.5. The van der Waals surface area contributed by atoms with Crippen molar-refractivity contribution in [1.29, 1.82) is 5.26 Å². The number of halogens is 2. The molecule has 134 valence electrons. The van der Waals surface area contributed by atoms with E-state index in [1.54, 1.807) is 12.1 Å². The molecule has 0 radical (unpaired) electrons. The monoisotopic (exact) mass is 421 g/mol. The van der Waals surface area contributed by atoms with Crippen LogP contribution in [0.3, 0.4) is 0 Å². The number of hydrogen-bond donors (Lipinski definition) is 0. The number of aryl methyl sites for hydroxylation is 1. The van der Waals surface area contributed by atoms with E-state index >= 15 is 0 Å². The molecule has 4 heteroatoms. The minimum Gasteiger partial charge on any atom is -0.488 e. The summed E-state index contributed by atoms with van der Waals surface area (Å²) in [6, 6.07) is 22.0. The second-order valence-corrected chi connectivity index (χ2v) is 7.00. The molecule has 3 aromatic rings. The molecule has 0 N–H and O–H groups in total. The van der Waals surface area contributed by atoms with Crippen LogP contribution in [0.2, 0.25) is 0 Å². The van der Waals surface area contributed by atoms with Crippen LogP contribution in [0, 0.1) is 24.1 Å². The average Bonchev–Trinajstić information content (AvgIpc) is 2.67. The molecule has 27 heavy (non-hydrogen) atoms. The first kappa shape index (κ1) is 18.9. The van der Waals surface area contributed by atoms with Gasteiger partial charge in [-0.3, -0.25) is 0 Å². The molecule has 0 fully saturated rings. The van der Waals surface area contributed by atoms with Crippen molar-refractivity contribution in [3.05, 3.63) is 99.3 Å². The smallest absolute Gasteiger partial charge is 0.134 e. The second kappa shape index (κ2) is 8.66. The Hall–Kier alpha value is -2.90. The minimum absolute atomic E-state index is 0.266. The van der Waals surface area contributed by atoms with E-state index in [0.717, 1.165) is 26.7 Å². The summed E-state index contributed by atoms with van der Waals surface area (Å²) in [5.74, 6) is 0.420. The van der Waals surface area contributed by atoms with Gasteiger partial charge in [-0.15, -0.1) is 0 Å². The standard InChI is InChI=1S/C23H17BrFNO/c1-16-2-7-19(8-3-16)20(14-26)12-18-6-11-23(22(24)13-18)27-15-17-4-9-21(25)10-5-17/h2-13H,15H2,1H3/b20-12+. The maximum atomic E-state index is 13.0. The molecule has 0 aliphatic rings. The molecule has 0 heterocycles. The molecule has 0 amide bonds. The van der Waals surface area contributed by atoms with Crippen molar-refractivity contribution >= 4 is 27.6 Å². The van der Waals surface area contributed by atoms with Gasteiger partial charge in [0, 0.05) is 0 Å². The SMILES string of the molecule is Cc1ccc(/C(C#N)=C/c2ccc(OCc3ccc(F)cc3)c(Br)c2)cc1. The molecular weight excluding hydrogens is 405 g/mol. The van der Waals surface area contributed by atoms with E-state index in [-0.39, 0.29) is 5.82 Å². The highest BCUT2D eigenvalue weighted by Gasteiger charge is 2.05. The van der Waals surface area contributed by atoms with Gasteiger partial charge >= 0.3 is 0 Å². The van der Waals surface area contributed by atoms with Crippen molar-refractivity contribution in [2.45, 2.75) is 13.5 Å². The zero-order valence-corrected chi connectivity index (χ0v) is 16.3. The van der Waals surface area contributed by atoms with Crippen molar-refractivity contribution in [3.8, 4) is 11.8 Å². The van der Waals surface area contributed by atoms with Gasteiger partial charge in [0.15, 0.2) is 0 Å². The van der Waals surface area contributed by atoms with Crippen LogP contribution in [-0.4, -0.2) is 0 Å². The van der Waals surface area contributed by atoms with Crippen LogP contribution in [0.4, 0.5) is 4.39 Å². The third-order valence-electron chi connectivity index (χ3n) is 4.06. The molecule has 0 atom stereocenters. The van der Waals surface area contributed by atoms with Crippen LogP contribution >= 0.6 is 15.9 Å². The van der Waals surface area contributed by atoms with Crippen LogP contribution in [0.15, 0.2) is 71.2 Å². The lowest BCUT2D eigenvalue weighted by Crippen LogP contribution is -1.96. The number of rotatable bonds is 5. The molecular formula is C23H17BrFNO. The van der Waals surface area contributed by atoms with E-state index in [1.165, 1.54) is 12.1 Å². The molecule has 3 rings (SSSR count). The average molecular weight is 422 g/mol. The van der Waals surface area contributed by atoms with Gasteiger partial charge in [-0.05, 0) is 69.9 Å². The first-order chi connectivity index (χ1) is 13.0. The number of nitriles is 1. The Morgan fingerprint density at radius 3 is 2.41 bits per heavy atom. The zero-order valence-electron chi connectivity index (χ0n) is 14.7. The summed E-state index contributed by atoms with van der Waals surface area (Å²) in [7, 11) is 0. The van der Waals surface area contributed by atoms with E-state index in [1.807, 2.05) is 55.5 Å². The van der Waals surface area contributed by atoms with Crippen molar-refractivity contribution in [3.63, 3.8) is 0 Å². The highest BCUT2D eigenvalue weighted by Crippen LogP contribution is 2.29. The Morgan fingerprint density at radius 1 is 1.07 bits per heavy atom. The van der Waals surface area contributed by atoms with E-state index in [0.29, 0.717) is 17.9 Å². The number of allylic oxidation sites excluding steroid dienone is 1. The zero-order chi connectivity index (χ0) is 19.2. The van der Waals surface area contributed by atoms with Crippen molar-refractivity contribution in [2.24, 2.45) is 0 Å².